The molecule has 0 unspecified atom stereocenters. The summed E-state index contributed by atoms with van der Waals surface area (Å²) >= 11 is 1.68. The van der Waals surface area contributed by atoms with Crippen LogP contribution >= 0.6 is 11.3 Å². The molecule has 7 nitrogen and oxygen atoms in total. The van der Waals surface area contributed by atoms with Crippen molar-refractivity contribution in [2.45, 2.75) is 30.8 Å². The number of thiazole rings is 1. The van der Waals surface area contributed by atoms with Crippen molar-refractivity contribution in [1.82, 2.24) is 19.8 Å². The van der Waals surface area contributed by atoms with Crippen LogP contribution in [0.3, 0.4) is 0 Å². The van der Waals surface area contributed by atoms with Gasteiger partial charge in [0.1, 0.15) is 10.8 Å². The number of H-pyrrole nitrogens is 1. The predicted octanol–water partition coefficient (Wildman–Crippen LogP) is 2.67. The molecule has 0 bridgehead atoms. The van der Waals surface area contributed by atoms with Crippen molar-refractivity contribution < 1.29 is 14.6 Å². The van der Waals surface area contributed by atoms with Crippen LogP contribution < -0.4 is 4.74 Å². The van der Waals surface area contributed by atoms with Crippen LogP contribution in [0.2, 0.25) is 0 Å². The molecular formula is C23H26N4O3S. The van der Waals surface area contributed by atoms with Crippen LogP contribution in [-0.4, -0.2) is 64.1 Å². The van der Waals surface area contributed by atoms with Gasteiger partial charge < -0.3 is 19.7 Å². The third-order valence-corrected chi connectivity index (χ3v) is 7.79. The normalized spacial score (nSPS) is 22.5. The molecule has 31 heavy (non-hydrogen) atoms. The maximum Gasteiger partial charge on any atom is 0.226 e. The third kappa shape index (κ3) is 3.00. The van der Waals surface area contributed by atoms with Gasteiger partial charge in [0.05, 0.1) is 26.3 Å². The second kappa shape index (κ2) is 7.05. The first-order valence-corrected chi connectivity index (χ1v) is 11.7. The van der Waals surface area contributed by atoms with Gasteiger partial charge in [0.25, 0.3) is 0 Å². The number of aliphatic hydroxyl groups is 1. The van der Waals surface area contributed by atoms with Gasteiger partial charge in [-0.1, -0.05) is 0 Å². The summed E-state index contributed by atoms with van der Waals surface area (Å²) in [6.07, 6.45) is 3.78. The highest BCUT2D eigenvalue weighted by Gasteiger charge is 2.54. The van der Waals surface area contributed by atoms with E-state index in [-0.39, 0.29) is 29.9 Å². The molecule has 1 saturated carbocycles. The Kier molecular flexibility index (Phi) is 4.38. The molecule has 0 radical (unpaired) electrons. The van der Waals surface area contributed by atoms with Gasteiger partial charge >= 0.3 is 0 Å². The number of aromatic amines is 1. The molecule has 2 aromatic heterocycles. The molecule has 6 rings (SSSR count). The van der Waals surface area contributed by atoms with E-state index in [4.69, 9.17) is 4.74 Å². The molecule has 1 saturated heterocycles. The number of carbonyl (C=O) groups excluding carboxylic acids is 1. The lowest BCUT2D eigenvalue weighted by Gasteiger charge is -2.56. The topological polar surface area (TPSA) is 81.7 Å². The van der Waals surface area contributed by atoms with Crippen molar-refractivity contribution in [3.05, 3.63) is 46.0 Å². The van der Waals surface area contributed by atoms with Crippen LogP contribution in [-0.2, 0) is 16.8 Å². The molecule has 1 amide bonds. The van der Waals surface area contributed by atoms with Gasteiger partial charge in [0.15, 0.2) is 0 Å². The minimum absolute atomic E-state index is 0.0751. The Bertz CT molecular complexity index is 1130. The largest absolute Gasteiger partial charge is 0.497 e. The maximum atomic E-state index is 13.2. The van der Waals surface area contributed by atoms with E-state index in [1.165, 1.54) is 10.9 Å². The highest BCUT2D eigenvalue weighted by Crippen LogP contribution is 2.50. The number of ether oxygens (including phenoxy) is 1. The maximum absolute atomic E-state index is 13.2. The van der Waals surface area contributed by atoms with Gasteiger partial charge in [-0.2, -0.15) is 0 Å². The Labute approximate surface area is 184 Å². The number of hydrogen-bond acceptors (Lipinski definition) is 6. The van der Waals surface area contributed by atoms with Gasteiger partial charge in [-0.3, -0.25) is 9.69 Å². The Balaban J connectivity index is 1.42. The number of nitrogens with zero attached hydrogens (tertiary/aromatic N) is 3. The molecular weight excluding hydrogens is 412 g/mol. The van der Waals surface area contributed by atoms with E-state index in [0.29, 0.717) is 6.54 Å². The molecule has 2 N–H and O–H groups in total. The zero-order chi connectivity index (χ0) is 21.2. The lowest BCUT2D eigenvalue weighted by atomic mass is 9.68. The molecule has 1 aromatic carbocycles. The van der Waals surface area contributed by atoms with E-state index in [0.717, 1.165) is 54.4 Å². The molecule has 8 heteroatoms. The molecule has 1 spiro atoms. The van der Waals surface area contributed by atoms with Crippen LogP contribution in [0, 0.1) is 5.92 Å². The fourth-order valence-corrected chi connectivity index (χ4v) is 6.16. The lowest BCUT2D eigenvalue weighted by Crippen LogP contribution is -2.66. The van der Waals surface area contributed by atoms with Crippen LogP contribution in [0.25, 0.3) is 10.9 Å². The van der Waals surface area contributed by atoms with Crippen LogP contribution in [0.5, 0.6) is 5.75 Å². The van der Waals surface area contributed by atoms with Crippen LogP contribution in [0.4, 0.5) is 0 Å². The summed E-state index contributed by atoms with van der Waals surface area (Å²) in [6, 6.07) is 5.79. The summed E-state index contributed by atoms with van der Waals surface area (Å²) in [5, 5.41) is 14.6. The van der Waals surface area contributed by atoms with Crippen LogP contribution in [0.15, 0.2) is 29.8 Å². The highest BCUT2D eigenvalue weighted by molar-refractivity contribution is 7.09. The molecule has 1 aliphatic carbocycles. The minimum atomic E-state index is -0.319. The molecule has 2 aliphatic heterocycles. The van der Waals surface area contributed by atoms with E-state index in [1.54, 1.807) is 18.4 Å². The summed E-state index contributed by atoms with van der Waals surface area (Å²) in [6.45, 7) is 3.18. The molecule has 3 aliphatic rings. The van der Waals surface area contributed by atoms with E-state index < -0.39 is 0 Å². The number of fused-ring (bicyclic) bond motifs is 4. The number of likely N-dealkylation sites (tertiary alicyclic amines) is 1. The molecule has 4 heterocycles. The number of benzene rings is 1. The number of nitrogens with one attached hydrogen (secondary N) is 1. The van der Waals surface area contributed by atoms with E-state index in [2.05, 4.69) is 20.9 Å². The van der Waals surface area contributed by atoms with Gasteiger partial charge in [-0.25, -0.2) is 4.98 Å². The summed E-state index contributed by atoms with van der Waals surface area (Å²) in [5.41, 5.74) is 3.12. The number of methoxy groups -OCH3 is 1. The Hall–Kier alpha value is -2.42. The predicted molar refractivity (Wildman–Crippen MR) is 118 cm³/mol. The van der Waals surface area contributed by atoms with E-state index >= 15 is 0 Å². The first-order chi connectivity index (χ1) is 15.1. The third-order valence-electron chi connectivity index (χ3n) is 7.03. The van der Waals surface area contributed by atoms with Gasteiger partial charge in [0, 0.05) is 65.2 Å². The number of amides is 1. The standard InChI is InChI=1S/C23H26N4O3S/c1-30-15-4-5-16-17(8-15)25-21-18(10-28)27(22(29)14-2-3-14)13-23(20(16)21)11-26(12-23)9-19-24-6-7-31-19/h4-8,14,18,25,28H,2-3,9-13H2,1H3/t18-/m0/s1. The number of hydrogen-bond donors (Lipinski definition) is 2. The average Bonchev–Trinajstić information content (AvgIpc) is 3.34. The number of aromatic nitrogens is 2. The van der Waals surface area contributed by atoms with Crippen molar-refractivity contribution in [2.75, 3.05) is 33.4 Å². The van der Waals surface area contributed by atoms with Gasteiger partial charge in [-0.15, -0.1) is 11.3 Å². The average molecular weight is 439 g/mol. The summed E-state index contributed by atoms with van der Waals surface area (Å²) in [4.78, 5) is 25.5. The zero-order valence-corrected chi connectivity index (χ0v) is 18.3. The summed E-state index contributed by atoms with van der Waals surface area (Å²) < 4.78 is 5.43. The second-order valence-electron chi connectivity index (χ2n) is 9.12. The molecule has 3 aromatic rings. The molecule has 2 fully saturated rings. The highest BCUT2D eigenvalue weighted by atomic mass is 32.1. The lowest BCUT2D eigenvalue weighted by molar-refractivity contribution is -0.140. The molecule has 162 valence electrons. The minimum Gasteiger partial charge on any atom is -0.497 e. The van der Waals surface area contributed by atoms with Crippen LogP contribution in [0.1, 0.15) is 35.1 Å². The smallest absolute Gasteiger partial charge is 0.226 e. The monoisotopic (exact) mass is 438 g/mol. The molecule has 1 atom stereocenters. The van der Waals surface area contributed by atoms with Crippen molar-refractivity contribution >= 4 is 28.1 Å². The Morgan fingerprint density at radius 2 is 2.19 bits per heavy atom. The fourth-order valence-electron chi connectivity index (χ4n) is 5.51. The number of carbonyl (C=O) groups is 1. The fraction of sp³-hybridized carbons (Fsp3) is 0.478. The first kappa shape index (κ1) is 19.3. The quantitative estimate of drug-likeness (QED) is 0.640. The van der Waals surface area contributed by atoms with Crippen molar-refractivity contribution in [2.24, 2.45) is 5.92 Å². The Morgan fingerprint density at radius 3 is 2.87 bits per heavy atom. The van der Waals surface area contributed by atoms with Crippen molar-refractivity contribution in [1.29, 1.82) is 0 Å². The van der Waals surface area contributed by atoms with Crippen molar-refractivity contribution in [3.8, 4) is 5.75 Å². The summed E-state index contributed by atoms with van der Waals surface area (Å²) in [7, 11) is 1.67. The Morgan fingerprint density at radius 1 is 1.35 bits per heavy atom. The SMILES string of the molecule is COc1ccc2c3c([nH]c2c1)[C@H](CO)N(C(=O)C1CC1)CC31CN(Cc2nccs2)C1. The van der Waals surface area contributed by atoms with Gasteiger partial charge in [-0.05, 0) is 30.5 Å². The zero-order valence-electron chi connectivity index (χ0n) is 17.5. The number of aliphatic hydroxyl groups excluding tert-OH is 1. The van der Waals surface area contributed by atoms with Crippen molar-refractivity contribution in [3.63, 3.8) is 0 Å². The summed E-state index contributed by atoms with van der Waals surface area (Å²) in [5.74, 6) is 1.12. The van der Waals surface area contributed by atoms with Gasteiger partial charge in [0.2, 0.25) is 5.91 Å². The first-order valence-electron chi connectivity index (χ1n) is 10.8. The van der Waals surface area contributed by atoms with E-state index in [1.807, 2.05) is 28.6 Å². The van der Waals surface area contributed by atoms with E-state index in [9.17, 15) is 9.90 Å². The number of rotatable bonds is 5. The second-order valence-corrected chi connectivity index (χ2v) is 10.1.